The van der Waals surface area contributed by atoms with Crippen LogP contribution in [0.4, 0.5) is 0 Å². The van der Waals surface area contributed by atoms with Gasteiger partial charge in [-0.25, -0.2) is 8.42 Å². The summed E-state index contributed by atoms with van der Waals surface area (Å²) in [6, 6.07) is 13.7. The van der Waals surface area contributed by atoms with Gasteiger partial charge in [-0.1, -0.05) is 43.0 Å². The second-order valence-electron chi connectivity index (χ2n) is 10.4. The number of allylic oxidation sites excluding steroid dienone is 1. The molecule has 0 radical (unpaired) electrons. The highest BCUT2D eigenvalue weighted by Gasteiger charge is 2.33. The van der Waals surface area contributed by atoms with Crippen LogP contribution < -0.4 is 4.74 Å². The predicted octanol–water partition coefficient (Wildman–Crippen LogP) is 4.55. The maximum Gasteiger partial charge on any atom is 0.288 e. The molecule has 11 heteroatoms. The topological polar surface area (TPSA) is 106 Å². The van der Waals surface area contributed by atoms with Crippen molar-refractivity contribution in [2.45, 2.75) is 61.7 Å². The van der Waals surface area contributed by atoms with Crippen LogP contribution >= 0.6 is 11.6 Å². The molecule has 1 aliphatic carbocycles. The van der Waals surface area contributed by atoms with Crippen LogP contribution in [0.2, 0.25) is 5.02 Å². The first-order valence-electron chi connectivity index (χ1n) is 14.0. The molecule has 2 aromatic carbocycles. The van der Waals surface area contributed by atoms with Crippen LogP contribution in [0.1, 0.15) is 50.0 Å². The van der Waals surface area contributed by atoms with E-state index in [1.54, 1.807) is 17.0 Å². The summed E-state index contributed by atoms with van der Waals surface area (Å²) in [7, 11) is -0.558. The molecule has 2 atom stereocenters. The molecule has 1 fully saturated rings. The summed E-state index contributed by atoms with van der Waals surface area (Å²) in [6.07, 6.45) is 6.86. The maximum absolute atomic E-state index is 13.5. The highest BCUT2D eigenvalue weighted by molar-refractivity contribution is 7.89. The molecule has 0 spiro atoms. The molecule has 1 heterocycles. The van der Waals surface area contributed by atoms with Gasteiger partial charge >= 0.3 is 0 Å². The Morgan fingerprint density at radius 2 is 1.73 bits per heavy atom. The summed E-state index contributed by atoms with van der Waals surface area (Å²) in [4.78, 5) is 15.4. The molecular weight excluding hydrogens is 568 g/mol. The quantitative estimate of drug-likeness (QED) is 0.378. The number of carbonyl (C=O) groups excluding carboxylic acids is 1. The molecule has 1 aliphatic heterocycles. The van der Waals surface area contributed by atoms with Crippen LogP contribution in [0, 0.1) is 0 Å². The number of likely N-dealkylation sites (N-methyl/N-ethyl adjacent to an activating group) is 1. The first-order chi connectivity index (χ1) is 19.7. The summed E-state index contributed by atoms with van der Waals surface area (Å²) in [5.74, 6) is 0.431. The summed E-state index contributed by atoms with van der Waals surface area (Å²) >= 11 is 6.10. The third-order valence-electron chi connectivity index (χ3n) is 7.70. The Morgan fingerprint density at radius 1 is 1.05 bits per heavy atom. The van der Waals surface area contributed by atoms with Gasteiger partial charge in [-0.2, -0.15) is 4.31 Å². The smallest absolute Gasteiger partial charge is 0.288 e. The van der Waals surface area contributed by atoms with Gasteiger partial charge in [0, 0.05) is 43.5 Å². The van der Waals surface area contributed by atoms with E-state index >= 15 is 0 Å². The van der Waals surface area contributed by atoms with Gasteiger partial charge in [0.2, 0.25) is 16.3 Å². The van der Waals surface area contributed by atoms with Crippen molar-refractivity contribution in [1.29, 1.82) is 0 Å². The van der Waals surface area contributed by atoms with Crippen molar-refractivity contribution in [3.63, 3.8) is 0 Å². The Labute approximate surface area is 247 Å². The van der Waals surface area contributed by atoms with Crippen molar-refractivity contribution >= 4 is 27.5 Å². The van der Waals surface area contributed by atoms with E-state index in [0.717, 1.165) is 31.2 Å². The molecule has 0 bridgehead atoms. The Hall–Kier alpha value is -2.63. The second kappa shape index (κ2) is 14.5. The third kappa shape index (κ3) is 8.02. The molecule has 0 unspecified atom stereocenters. The van der Waals surface area contributed by atoms with Gasteiger partial charge in [0.05, 0.1) is 25.2 Å². The van der Waals surface area contributed by atoms with Crippen LogP contribution in [0.15, 0.2) is 65.3 Å². The first-order valence-corrected chi connectivity index (χ1v) is 15.8. The van der Waals surface area contributed by atoms with E-state index in [1.165, 1.54) is 30.0 Å². The summed E-state index contributed by atoms with van der Waals surface area (Å²) in [6.45, 7) is -0.433. The highest BCUT2D eigenvalue weighted by atomic mass is 35.5. The van der Waals surface area contributed by atoms with E-state index in [-0.39, 0.29) is 54.8 Å². The highest BCUT2D eigenvalue weighted by Crippen LogP contribution is 2.33. The van der Waals surface area contributed by atoms with Gasteiger partial charge in [0.15, 0.2) is 5.76 Å². The number of ether oxygens (including phenoxy) is 3. The number of benzene rings is 2. The van der Waals surface area contributed by atoms with Gasteiger partial charge in [-0.05, 0) is 60.9 Å². The van der Waals surface area contributed by atoms with Gasteiger partial charge in [-0.15, -0.1) is 0 Å². The van der Waals surface area contributed by atoms with Crippen molar-refractivity contribution in [3.05, 3.63) is 71.0 Å². The minimum absolute atomic E-state index is 0.00460. The van der Waals surface area contributed by atoms with Gasteiger partial charge in [0.25, 0.3) is 5.91 Å². The van der Waals surface area contributed by atoms with E-state index in [1.807, 2.05) is 37.4 Å². The normalized spacial score (nSPS) is 19.9. The predicted molar refractivity (Wildman–Crippen MR) is 156 cm³/mol. The zero-order chi connectivity index (χ0) is 29.4. The maximum atomic E-state index is 13.5. The van der Waals surface area contributed by atoms with Crippen LogP contribution in [0.3, 0.4) is 0 Å². The molecule has 2 aromatic rings. The minimum Gasteiger partial charge on any atom is -0.497 e. The fourth-order valence-corrected chi connectivity index (χ4v) is 6.85. The Morgan fingerprint density at radius 3 is 2.37 bits per heavy atom. The first kappa shape index (κ1) is 31.3. The number of hydrogen-bond donors (Lipinski definition) is 1. The van der Waals surface area contributed by atoms with Gasteiger partial charge in [-0.3, -0.25) is 4.79 Å². The fourth-order valence-electron chi connectivity index (χ4n) is 5.31. The van der Waals surface area contributed by atoms with Crippen LogP contribution in [-0.2, 0) is 24.3 Å². The SMILES string of the molecule is COc1ccc(S(=O)(=O)N(CCO)CCO[C@H]2C[C@@H](c3ccc(Cl)cc3)C=C(C(=O)N(C)C3CCCCC3)O2)cc1. The lowest BCUT2D eigenvalue weighted by atomic mass is 9.92. The number of sulfonamides is 1. The van der Waals surface area contributed by atoms with Gasteiger partial charge < -0.3 is 24.2 Å². The molecule has 2 aliphatic rings. The number of halogens is 1. The van der Waals surface area contributed by atoms with Crippen LogP contribution in [-0.4, -0.2) is 81.4 Å². The lowest BCUT2D eigenvalue weighted by Gasteiger charge is -2.35. The molecule has 0 saturated heterocycles. The summed E-state index contributed by atoms with van der Waals surface area (Å²) in [5.41, 5.74) is 0.973. The number of aliphatic hydroxyl groups is 1. The number of methoxy groups -OCH3 is 1. The van der Waals surface area contributed by atoms with Gasteiger partial charge in [0.1, 0.15) is 5.75 Å². The molecule has 1 N–H and O–H groups in total. The molecule has 41 heavy (non-hydrogen) atoms. The molecule has 0 aromatic heterocycles. The second-order valence-corrected chi connectivity index (χ2v) is 12.7. The Kier molecular flexibility index (Phi) is 11.1. The third-order valence-corrected chi connectivity index (χ3v) is 9.86. The van der Waals surface area contributed by atoms with E-state index in [2.05, 4.69) is 0 Å². The number of carbonyl (C=O) groups is 1. The lowest BCUT2D eigenvalue weighted by molar-refractivity contribution is -0.153. The van der Waals surface area contributed by atoms with Crippen molar-refractivity contribution in [2.24, 2.45) is 0 Å². The number of hydrogen-bond acceptors (Lipinski definition) is 7. The van der Waals surface area contributed by atoms with Crippen LogP contribution in [0.5, 0.6) is 5.75 Å². The lowest BCUT2D eigenvalue weighted by Crippen LogP contribution is -2.41. The summed E-state index contributed by atoms with van der Waals surface area (Å²) in [5, 5.41) is 10.2. The number of rotatable bonds is 12. The average Bonchev–Trinajstić information content (AvgIpc) is 3.00. The Bertz CT molecular complexity index is 1280. The molecule has 1 amide bonds. The largest absolute Gasteiger partial charge is 0.497 e. The number of amides is 1. The molecule has 1 saturated carbocycles. The van der Waals surface area contributed by atoms with Crippen molar-refractivity contribution < 1.29 is 32.5 Å². The van der Waals surface area contributed by atoms with Crippen molar-refractivity contribution in [3.8, 4) is 5.75 Å². The zero-order valence-corrected chi connectivity index (χ0v) is 25.1. The standard InChI is InChI=1S/C30H39ClN2O7S/c1-32(25-6-4-3-5-7-25)30(35)28-20-23(22-8-10-24(31)11-9-22)21-29(40-28)39-19-17-33(16-18-34)41(36,37)27-14-12-26(38-2)13-15-27/h8-15,20,23,25,29,34H,3-7,16-19,21H2,1-2H3/t23-,29+/m0/s1. The minimum atomic E-state index is -3.88. The summed E-state index contributed by atoms with van der Waals surface area (Å²) < 4.78 is 44.9. The van der Waals surface area contributed by atoms with E-state index in [4.69, 9.17) is 25.8 Å². The molecule has 224 valence electrons. The molecular formula is C30H39ClN2O7S. The number of nitrogens with zero attached hydrogens (tertiary/aromatic N) is 2. The zero-order valence-electron chi connectivity index (χ0n) is 23.6. The molecule has 4 rings (SSSR count). The van der Waals surface area contributed by atoms with E-state index in [9.17, 15) is 18.3 Å². The monoisotopic (exact) mass is 606 g/mol. The van der Waals surface area contributed by atoms with Crippen molar-refractivity contribution in [2.75, 3.05) is 40.5 Å². The Balaban J connectivity index is 1.47. The fraction of sp³-hybridized carbons (Fsp3) is 0.500. The molecule has 9 nitrogen and oxygen atoms in total. The average molecular weight is 607 g/mol. The van der Waals surface area contributed by atoms with E-state index < -0.39 is 16.3 Å². The number of aliphatic hydroxyl groups excluding tert-OH is 1. The van der Waals surface area contributed by atoms with Crippen LogP contribution in [0.25, 0.3) is 0 Å². The van der Waals surface area contributed by atoms with Crippen molar-refractivity contribution in [1.82, 2.24) is 9.21 Å². The van der Waals surface area contributed by atoms with E-state index in [0.29, 0.717) is 17.2 Å².